The molecule has 0 aliphatic heterocycles. The number of carbonyl (C=O) groups excluding carboxylic acids is 2. The van der Waals surface area contributed by atoms with Gasteiger partial charge in [-0.05, 0) is 42.7 Å². The Morgan fingerprint density at radius 1 is 1.00 bits per heavy atom. The monoisotopic (exact) mass is 588 g/mol. The predicted octanol–water partition coefficient (Wildman–Crippen LogP) is 2.64. The molecule has 12 heteroatoms. The van der Waals surface area contributed by atoms with Crippen LogP contribution in [0.5, 0.6) is 0 Å². The number of nitrogens with zero attached hydrogens (tertiary/aromatic N) is 2. The van der Waals surface area contributed by atoms with E-state index in [0.29, 0.717) is 41.7 Å². The van der Waals surface area contributed by atoms with Gasteiger partial charge in [0.2, 0.25) is 11.8 Å². The second-order valence-electron chi connectivity index (χ2n) is 11.3. The average Bonchev–Trinajstić information content (AvgIpc) is 2.95. The molecule has 0 fully saturated rings. The summed E-state index contributed by atoms with van der Waals surface area (Å²) in [6.07, 6.45) is -1.98. The molecule has 0 radical (unpaired) electrons. The van der Waals surface area contributed by atoms with Gasteiger partial charge in [-0.2, -0.15) is 13.2 Å². The number of alkyl halides is 3. The highest BCUT2D eigenvalue weighted by atomic mass is 19.4. The Kier molecular flexibility index (Phi) is 11.4. The summed E-state index contributed by atoms with van der Waals surface area (Å²) in [5.74, 6) is -0.870. The van der Waals surface area contributed by atoms with Gasteiger partial charge in [0.25, 0.3) is 0 Å². The maximum Gasteiger partial charge on any atom is 0.416 e. The van der Waals surface area contributed by atoms with Crippen molar-refractivity contribution in [3.63, 3.8) is 0 Å². The molecule has 42 heavy (non-hydrogen) atoms. The number of fused-ring (bicyclic) bond motifs is 1. The van der Waals surface area contributed by atoms with Crippen molar-refractivity contribution in [1.29, 1.82) is 0 Å². The first-order valence-corrected chi connectivity index (χ1v) is 13.9. The summed E-state index contributed by atoms with van der Waals surface area (Å²) in [4.78, 5) is 30.8. The van der Waals surface area contributed by atoms with E-state index in [1.54, 1.807) is 6.07 Å². The van der Waals surface area contributed by atoms with Gasteiger partial charge in [-0.15, -0.1) is 0 Å². The van der Waals surface area contributed by atoms with Crippen LogP contribution in [0.2, 0.25) is 0 Å². The Balaban J connectivity index is 1.69. The lowest BCUT2D eigenvalue weighted by Gasteiger charge is -2.33. The lowest BCUT2D eigenvalue weighted by Crippen LogP contribution is -2.51. The minimum atomic E-state index is -4.48. The van der Waals surface area contributed by atoms with Crippen molar-refractivity contribution >= 4 is 28.4 Å². The van der Waals surface area contributed by atoms with Gasteiger partial charge in [0.1, 0.15) is 6.04 Å². The maximum atomic E-state index is 13.3. The van der Waals surface area contributed by atoms with Gasteiger partial charge in [0, 0.05) is 30.8 Å². The third-order valence-corrected chi connectivity index (χ3v) is 7.25. The molecule has 0 bridgehead atoms. The first-order valence-electron chi connectivity index (χ1n) is 13.9. The molecule has 0 saturated heterocycles. The third kappa shape index (κ3) is 9.76. The third-order valence-electron chi connectivity index (χ3n) is 7.25. The lowest BCUT2D eigenvalue weighted by atomic mass is 10.0. The number of nitrogens with two attached hydrogens (primary N) is 3. The zero-order valence-corrected chi connectivity index (χ0v) is 24.0. The molecule has 0 aliphatic carbocycles. The summed E-state index contributed by atoms with van der Waals surface area (Å²) in [6, 6.07) is 11.7. The fourth-order valence-electron chi connectivity index (χ4n) is 4.83. The number of anilines is 1. The van der Waals surface area contributed by atoms with Crippen molar-refractivity contribution in [3.05, 3.63) is 71.9 Å². The van der Waals surface area contributed by atoms with E-state index in [1.165, 1.54) is 18.3 Å². The van der Waals surface area contributed by atoms with Gasteiger partial charge in [0.15, 0.2) is 0 Å². The SMILES string of the molecule is C[N+](C)(CCCC(N)C(=O)NC(Cc1ccc(C(F)(F)F)cc1)C(=O)Nc1cnc2ccccc2c1)CC(CN)CN. The Labute approximate surface area is 244 Å². The van der Waals surface area contributed by atoms with E-state index in [1.807, 2.05) is 24.3 Å². The van der Waals surface area contributed by atoms with E-state index in [4.69, 9.17) is 17.2 Å². The van der Waals surface area contributed by atoms with Gasteiger partial charge in [-0.25, -0.2) is 0 Å². The van der Waals surface area contributed by atoms with Crippen LogP contribution >= 0.6 is 0 Å². The first-order chi connectivity index (χ1) is 19.8. The largest absolute Gasteiger partial charge is 0.416 e. The second-order valence-corrected chi connectivity index (χ2v) is 11.3. The first kappa shape index (κ1) is 32.9. The standard InChI is InChI=1S/C30H40F3N7O2/c1-40(2,19-21(16-34)17-35)13-5-7-25(36)28(41)39-27(14-20-9-11-23(12-10-20)30(31,32)33)29(42)38-24-15-22-6-3-4-8-26(22)37-18-24/h3-4,6,8-12,15,18,21,25,27H,5,7,13-14,16-17,19,34-36H2,1-2H3,(H-,38,39,41,42)/p+1. The second kappa shape index (κ2) is 14.5. The van der Waals surface area contributed by atoms with Crippen molar-refractivity contribution in [2.45, 2.75) is 37.5 Å². The highest BCUT2D eigenvalue weighted by Crippen LogP contribution is 2.29. The van der Waals surface area contributed by atoms with Gasteiger partial charge in [0.05, 0.1) is 56.2 Å². The number of hydrogen-bond acceptors (Lipinski definition) is 6. The van der Waals surface area contributed by atoms with E-state index in [2.05, 4.69) is 29.7 Å². The molecule has 1 heterocycles. The van der Waals surface area contributed by atoms with Gasteiger partial charge < -0.3 is 32.3 Å². The normalized spacial score (nSPS) is 13.6. The van der Waals surface area contributed by atoms with E-state index in [0.717, 1.165) is 36.1 Å². The van der Waals surface area contributed by atoms with Crippen LogP contribution in [0.1, 0.15) is 24.0 Å². The van der Waals surface area contributed by atoms with Crippen LogP contribution in [0.25, 0.3) is 10.9 Å². The summed E-state index contributed by atoms with van der Waals surface area (Å²) >= 11 is 0. The van der Waals surface area contributed by atoms with E-state index < -0.39 is 35.6 Å². The van der Waals surface area contributed by atoms with Crippen molar-refractivity contribution in [2.75, 3.05) is 45.6 Å². The van der Waals surface area contributed by atoms with Crippen molar-refractivity contribution in [2.24, 2.45) is 23.1 Å². The molecule has 2 amide bonds. The number of hydrogen-bond donors (Lipinski definition) is 5. The van der Waals surface area contributed by atoms with Crippen LogP contribution in [0.15, 0.2) is 60.8 Å². The molecule has 9 nitrogen and oxygen atoms in total. The Hall–Kier alpha value is -3.58. The molecule has 2 unspecified atom stereocenters. The highest BCUT2D eigenvalue weighted by molar-refractivity contribution is 5.99. The Morgan fingerprint density at radius 3 is 2.31 bits per heavy atom. The van der Waals surface area contributed by atoms with Crippen molar-refractivity contribution < 1.29 is 27.2 Å². The molecule has 2 atom stereocenters. The number of benzene rings is 2. The molecule has 3 aromatic rings. The number of rotatable bonds is 14. The van der Waals surface area contributed by atoms with Crippen LogP contribution in [0.4, 0.5) is 18.9 Å². The molecular weight excluding hydrogens is 547 g/mol. The topological polar surface area (TPSA) is 149 Å². The molecule has 2 aromatic carbocycles. The fraction of sp³-hybridized carbons (Fsp3) is 0.433. The van der Waals surface area contributed by atoms with Gasteiger partial charge in [-0.3, -0.25) is 14.6 Å². The van der Waals surface area contributed by atoms with Crippen molar-refractivity contribution in [3.8, 4) is 0 Å². The van der Waals surface area contributed by atoms with E-state index >= 15 is 0 Å². The van der Waals surface area contributed by atoms with Crippen LogP contribution in [-0.4, -0.2) is 73.6 Å². The zero-order chi connectivity index (χ0) is 30.9. The summed E-state index contributed by atoms with van der Waals surface area (Å²) in [5, 5.41) is 6.29. The van der Waals surface area contributed by atoms with Crippen LogP contribution < -0.4 is 27.8 Å². The van der Waals surface area contributed by atoms with Crippen LogP contribution in [0.3, 0.4) is 0 Å². The molecule has 0 saturated carbocycles. The number of para-hydroxylation sites is 1. The molecule has 0 spiro atoms. The number of halogens is 3. The number of nitrogens with one attached hydrogen (secondary N) is 2. The van der Waals surface area contributed by atoms with Crippen LogP contribution in [0, 0.1) is 5.92 Å². The van der Waals surface area contributed by atoms with Gasteiger partial charge >= 0.3 is 6.18 Å². The van der Waals surface area contributed by atoms with Crippen molar-refractivity contribution in [1.82, 2.24) is 10.3 Å². The number of quaternary nitrogens is 1. The van der Waals surface area contributed by atoms with E-state index in [-0.39, 0.29) is 12.3 Å². The molecule has 1 aromatic heterocycles. The smallest absolute Gasteiger partial charge is 0.343 e. The number of carbonyl (C=O) groups is 2. The highest BCUT2D eigenvalue weighted by Gasteiger charge is 2.31. The summed E-state index contributed by atoms with van der Waals surface area (Å²) in [6.45, 7) is 2.55. The minimum absolute atomic E-state index is 0.0348. The summed E-state index contributed by atoms with van der Waals surface area (Å²) in [7, 11) is 4.13. The quantitative estimate of drug-likeness (QED) is 0.183. The molecule has 3 rings (SSSR count). The van der Waals surface area contributed by atoms with Crippen LogP contribution in [-0.2, 0) is 22.2 Å². The Morgan fingerprint density at radius 2 is 1.67 bits per heavy atom. The fourth-order valence-corrected chi connectivity index (χ4v) is 4.83. The van der Waals surface area contributed by atoms with Gasteiger partial charge in [-0.1, -0.05) is 30.3 Å². The number of pyridine rings is 1. The van der Waals surface area contributed by atoms with E-state index in [9.17, 15) is 22.8 Å². The lowest BCUT2D eigenvalue weighted by molar-refractivity contribution is -0.893. The summed E-state index contributed by atoms with van der Waals surface area (Å²) < 4.78 is 39.8. The molecular formula is C30H41F3N7O2+. The molecule has 0 aliphatic rings. The molecule has 228 valence electrons. The maximum absolute atomic E-state index is 13.3. The Bertz CT molecular complexity index is 1330. The minimum Gasteiger partial charge on any atom is -0.343 e. The zero-order valence-electron chi connectivity index (χ0n) is 24.0. The predicted molar refractivity (Wildman–Crippen MR) is 158 cm³/mol. The average molecular weight is 589 g/mol. The number of aromatic nitrogens is 1. The molecule has 8 N–H and O–H groups in total. The summed E-state index contributed by atoms with van der Waals surface area (Å²) in [5.41, 5.74) is 18.6. The number of amides is 2.